The van der Waals surface area contributed by atoms with Gasteiger partial charge in [-0.1, -0.05) is 96.6 Å². The van der Waals surface area contributed by atoms with Gasteiger partial charge >= 0.3 is 11.9 Å². The molecular weight excluding hydrogens is 364 g/mol. The highest BCUT2D eigenvalue weighted by atomic mass is 16.6. The second-order valence-corrected chi connectivity index (χ2v) is 8.12. The number of esters is 1. The first-order valence-corrected chi connectivity index (χ1v) is 12.2. The maximum atomic E-state index is 11.6. The average molecular weight is 411 g/mol. The van der Waals surface area contributed by atoms with E-state index in [1.165, 1.54) is 83.5 Å². The van der Waals surface area contributed by atoms with Crippen LogP contribution in [0.1, 0.15) is 129 Å². The topological polar surface area (TPSA) is 63.6 Å². The van der Waals surface area contributed by atoms with Crippen molar-refractivity contribution in [3.05, 3.63) is 12.2 Å². The summed E-state index contributed by atoms with van der Waals surface area (Å²) in [4.78, 5) is 22.4. The Balaban J connectivity index is 3.31. The molecule has 0 aromatic carbocycles. The summed E-state index contributed by atoms with van der Waals surface area (Å²) in [5.74, 6) is -1.45. The molecule has 1 unspecified atom stereocenters. The number of ether oxygens (including phenoxy) is 1. The molecule has 0 aromatic heterocycles. The van der Waals surface area contributed by atoms with Gasteiger partial charge in [-0.25, -0.2) is 4.79 Å². The zero-order chi connectivity index (χ0) is 21.6. The van der Waals surface area contributed by atoms with Crippen molar-refractivity contribution in [2.75, 3.05) is 0 Å². The number of allylic oxidation sites excluding steroid dienone is 2. The number of aliphatic carboxylic acids is 1. The number of hydrogen-bond acceptors (Lipinski definition) is 3. The number of hydrogen-bond donors (Lipinski definition) is 1. The zero-order valence-corrected chi connectivity index (χ0v) is 19.1. The number of carboxylic acid groups (broad SMARTS) is 1. The summed E-state index contributed by atoms with van der Waals surface area (Å²) < 4.78 is 4.95. The van der Waals surface area contributed by atoms with Crippen LogP contribution >= 0.6 is 0 Å². The molecule has 170 valence electrons. The van der Waals surface area contributed by atoms with E-state index in [1.807, 2.05) is 0 Å². The Morgan fingerprint density at radius 3 is 1.62 bits per heavy atom. The van der Waals surface area contributed by atoms with Crippen molar-refractivity contribution in [2.24, 2.45) is 0 Å². The third kappa shape index (κ3) is 19.8. The summed E-state index contributed by atoms with van der Waals surface area (Å²) in [6.45, 7) is 3.97. The minimum atomic E-state index is -1.06. The molecule has 4 heteroatoms. The molecule has 0 spiro atoms. The molecule has 0 saturated carbocycles. The maximum Gasteiger partial charge on any atom is 0.345 e. The van der Waals surface area contributed by atoms with E-state index in [0.717, 1.165) is 19.3 Å². The SMILES string of the molecule is CCCCCCCCC/C=C\CCCCCCCCCC(=O)OC(CC)C(=O)O. The van der Waals surface area contributed by atoms with Crippen molar-refractivity contribution < 1.29 is 19.4 Å². The zero-order valence-electron chi connectivity index (χ0n) is 19.1. The number of unbranched alkanes of at least 4 members (excludes halogenated alkanes) is 14. The molecule has 0 amide bonds. The minimum absolute atomic E-state index is 0.315. The quantitative estimate of drug-likeness (QED) is 0.120. The van der Waals surface area contributed by atoms with Crippen LogP contribution in [0.15, 0.2) is 12.2 Å². The lowest BCUT2D eigenvalue weighted by Gasteiger charge is -2.11. The van der Waals surface area contributed by atoms with Crippen LogP contribution in [-0.4, -0.2) is 23.1 Å². The Kier molecular flexibility index (Phi) is 20.4. The van der Waals surface area contributed by atoms with E-state index >= 15 is 0 Å². The number of carboxylic acids is 1. The van der Waals surface area contributed by atoms with Gasteiger partial charge in [-0.3, -0.25) is 4.79 Å². The van der Waals surface area contributed by atoms with Crippen molar-refractivity contribution >= 4 is 11.9 Å². The first-order valence-electron chi connectivity index (χ1n) is 12.2. The predicted octanol–water partition coefficient (Wildman–Crippen LogP) is 7.60. The minimum Gasteiger partial charge on any atom is -0.479 e. The van der Waals surface area contributed by atoms with Crippen LogP contribution < -0.4 is 0 Å². The Morgan fingerprint density at radius 1 is 0.724 bits per heavy atom. The van der Waals surface area contributed by atoms with Crippen molar-refractivity contribution in [1.29, 1.82) is 0 Å². The van der Waals surface area contributed by atoms with Gasteiger partial charge in [0.2, 0.25) is 0 Å². The molecule has 0 aliphatic carbocycles. The number of carbonyl (C=O) groups excluding carboxylic acids is 1. The van der Waals surface area contributed by atoms with Crippen LogP contribution in [0, 0.1) is 0 Å². The van der Waals surface area contributed by atoms with E-state index in [0.29, 0.717) is 12.8 Å². The van der Waals surface area contributed by atoms with Gasteiger partial charge in [-0.15, -0.1) is 0 Å². The van der Waals surface area contributed by atoms with Gasteiger partial charge in [0, 0.05) is 6.42 Å². The predicted molar refractivity (Wildman–Crippen MR) is 121 cm³/mol. The molecular formula is C25H46O4. The Labute approximate surface area is 179 Å². The maximum absolute atomic E-state index is 11.6. The average Bonchev–Trinajstić information content (AvgIpc) is 2.70. The van der Waals surface area contributed by atoms with Gasteiger partial charge in [-0.2, -0.15) is 0 Å². The summed E-state index contributed by atoms with van der Waals surface area (Å²) in [5.41, 5.74) is 0. The summed E-state index contributed by atoms with van der Waals surface area (Å²) in [6, 6.07) is 0. The van der Waals surface area contributed by atoms with E-state index in [4.69, 9.17) is 9.84 Å². The van der Waals surface area contributed by atoms with Gasteiger partial charge in [-0.05, 0) is 38.5 Å². The molecule has 4 nitrogen and oxygen atoms in total. The lowest BCUT2D eigenvalue weighted by molar-refractivity contribution is -0.164. The fourth-order valence-electron chi connectivity index (χ4n) is 3.40. The van der Waals surface area contributed by atoms with E-state index in [9.17, 15) is 9.59 Å². The smallest absolute Gasteiger partial charge is 0.345 e. The molecule has 0 rings (SSSR count). The van der Waals surface area contributed by atoms with Gasteiger partial charge in [0.15, 0.2) is 6.10 Å². The lowest BCUT2D eigenvalue weighted by Crippen LogP contribution is -2.26. The highest BCUT2D eigenvalue weighted by Gasteiger charge is 2.19. The fraction of sp³-hybridized carbons (Fsp3) is 0.840. The summed E-state index contributed by atoms with van der Waals surface area (Å²) in [7, 11) is 0. The molecule has 0 bridgehead atoms. The largest absolute Gasteiger partial charge is 0.479 e. The van der Waals surface area contributed by atoms with Gasteiger partial charge in [0.05, 0.1) is 0 Å². The lowest BCUT2D eigenvalue weighted by atomic mass is 10.1. The molecule has 1 atom stereocenters. The van der Waals surface area contributed by atoms with Crippen LogP contribution in [0.3, 0.4) is 0 Å². The Hall–Kier alpha value is -1.32. The number of carbonyl (C=O) groups is 2. The first-order chi connectivity index (χ1) is 14.1. The van der Waals surface area contributed by atoms with Crippen molar-refractivity contribution in [3.8, 4) is 0 Å². The molecule has 0 aliphatic heterocycles. The fourth-order valence-corrected chi connectivity index (χ4v) is 3.40. The van der Waals surface area contributed by atoms with E-state index in [2.05, 4.69) is 19.1 Å². The van der Waals surface area contributed by atoms with E-state index in [1.54, 1.807) is 6.92 Å². The molecule has 0 radical (unpaired) electrons. The van der Waals surface area contributed by atoms with Crippen LogP contribution in [0.2, 0.25) is 0 Å². The molecule has 0 aliphatic rings. The highest BCUT2D eigenvalue weighted by molar-refractivity contribution is 5.77. The van der Waals surface area contributed by atoms with Crippen LogP contribution in [-0.2, 0) is 14.3 Å². The van der Waals surface area contributed by atoms with Crippen molar-refractivity contribution in [2.45, 2.75) is 136 Å². The van der Waals surface area contributed by atoms with E-state index < -0.39 is 12.1 Å². The van der Waals surface area contributed by atoms with Gasteiger partial charge in [0.25, 0.3) is 0 Å². The molecule has 1 N–H and O–H groups in total. The van der Waals surface area contributed by atoms with Crippen LogP contribution in [0.4, 0.5) is 0 Å². The van der Waals surface area contributed by atoms with Gasteiger partial charge in [0.1, 0.15) is 0 Å². The normalized spacial score (nSPS) is 12.3. The van der Waals surface area contributed by atoms with E-state index in [-0.39, 0.29) is 5.97 Å². The molecule has 29 heavy (non-hydrogen) atoms. The first kappa shape index (κ1) is 27.7. The molecule has 0 heterocycles. The Bertz CT molecular complexity index is 417. The second kappa shape index (κ2) is 21.4. The summed E-state index contributed by atoms with van der Waals surface area (Å²) >= 11 is 0. The number of rotatable bonds is 21. The highest BCUT2D eigenvalue weighted by Crippen LogP contribution is 2.12. The standard InChI is InChI=1S/C25H46O4/c1-3-5-6-7-8-9-10-11-12-13-14-15-16-17-18-19-20-21-22-24(26)29-23(4-2)25(27)28/h12-13,23H,3-11,14-22H2,1-2H3,(H,27,28)/b13-12-. The third-order valence-corrected chi connectivity index (χ3v) is 5.31. The van der Waals surface area contributed by atoms with Crippen molar-refractivity contribution in [3.63, 3.8) is 0 Å². The summed E-state index contributed by atoms with van der Waals surface area (Å²) in [5, 5.41) is 8.87. The molecule has 0 aromatic rings. The monoisotopic (exact) mass is 410 g/mol. The summed E-state index contributed by atoms with van der Waals surface area (Å²) in [6.07, 6.45) is 24.4. The van der Waals surface area contributed by atoms with Crippen LogP contribution in [0.25, 0.3) is 0 Å². The third-order valence-electron chi connectivity index (χ3n) is 5.31. The molecule has 0 fully saturated rings. The van der Waals surface area contributed by atoms with Crippen LogP contribution in [0.5, 0.6) is 0 Å². The van der Waals surface area contributed by atoms with Crippen molar-refractivity contribution in [1.82, 2.24) is 0 Å². The van der Waals surface area contributed by atoms with Gasteiger partial charge < -0.3 is 9.84 Å². The molecule has 0 saturated heterocycles. The second-order valence-electron chi connectivity index (χ2n) is 8.12. The Morgan fingerprint density at radius 2 is 1.17 bits per heavy atom.